The van der Waals surface area contributed by atoms with Gasteiger partial charge in [-0.05, 0) is 86.9 Å². The van der Waals surface area contributed by atoms with Gasteiger partial charge in [0.1, 0.15) is 0 Å². The van der Waals surface area contributed by atoms with Crippen LogP contribution in [0, 0.1) is 35.5 Å². The summed E-state index contributed by atoms with van der Waals surface area (Å²) in [6, 6.07) is 0. The van der Waals surface area contributed by atoms with Crippen LogP contribution in [0.15, 0.2) is 12.7 Å². The molecule has 0 aromatic heterocycles. The molecular weight excluding hydrogens is 252 g/mol. The van der Waals surface area contributed by atoms with Crippen LogP contribution >= 0.6 is 0 Å². The maximum atomic E-state index is 3.97. The Hall–Kier alpha value is -0.260. The quantitative estimate of drug-likeness (QED) is 0.484. The molecule has 0 radical (unpaired) electrons. The molecule has 21 heavy (non-hydrogen) atoms. The van der Waals surface area contributed by atoms with Gasteiger partial charge in [0.15, 0.2) is 0 Å². The van der Waals surface area contributed by atoms with E-state index in [-0.39, 0.29) is 0 Å². The molecule has 0 aliphatic heterocycles. The summed E-state index contributed by atoms with van der Waals surface area (Å²) in [4.78, 5) is 0. The Morgan fingerprint density at radius 2 is 1.19 bits per heavy atom. The molecule has 0 heterocycles. The minimum Gasteiger partial charge on any atom is -0.103 e. The predicted octanol–water partition coefficient (Wildman–Crippen LogP) is 7.10. The number of hydrogen-bond acceptors (Lipinski definition) is 0. The molecule has 0 nitrogen and oxygen atoms in total. The third-order valence-electron chi connectivity index (χ3n) is 6.43. The van der Waals surface area contributed by atoms with Gasteiger partial charge in [-0.25, -0.2) is 0 Å². The smallest absolute Gasteiger partial charge is 0.0236 e. The minimum atomic E-state index is 0.827. The van der Waals surface area contributed by atoms with E-state index < -0.39 is 0 Å². The Morgan fingerprint density at radius 1 is 0.762 bits per heavy atom. The standard InChI is InChI=1S/C19H34.C2H6/c1-5-16-6-8-18(9-7-16)19-12-10-17(11-13-19)15(4)14(2)3;1-2/h5,14-19H,1,6-13H2,2-4H3;1-2H3. The fourth-order valence-corrected chi connectivity index (χ4v) is 4.54. The summed E-state index contributed by atoms with van der Waals surface area (Å²) < 4.78 is 0. The van der Waals surface area contributed by atoms with Gasteiger partial charge in [-0.3, -0.25) is 0 Å². The van der Waals surface area contributed by atoms with Gasteiger partial charge in [-0.1, -0.05) is 40.7 Å². The van der Waals surface area contributed by atoms with Crippen molar-refractivity contribution in [2.24, 2.45) is 35.5 Å². The lowest BCUT2D eigenvalue weighted by molar-refractivity contribution is 0.122. The topological polar surface area (TPSA) is 0 Å². The average molecular weight is 293 g/mol. The van der Waals surface area contributed by atoms with Crippen molar-refractivity contribution in [3.05, 3.63) is 12.7 Å². The van der Waals surface area contributed by atoms with Crippen LogP contribution in [0.25, 0.3) is 0 Å². The van der Waals surface area contributed by atoms with E-state index in [1.165, 1.54) is 51.4 Å². The highest BCUT2D eigenvalue weighted by Crippen LogP contribution is 2.43. The fraction of sp³-hybridized carbons (Fsp3) is 0.905. The van der Waals surface area contributed by atoms with Crippen LogP contribution in [0.1, 0.15) is 86.0 Å². The van der Waals surface area contributed by atoms with Crippen LogP contribution in [0.5, 0.6) is 0 Å². The van der Waals surface area contributed by atoms with E-state index in [1.54, 1.807) is 0 Å². The second-order valence-electron chi connectivity index (χ2n) is 7.69. The number of hydrogen-bond donors (Lipinski definition) is 0. The van der Waals surface area contributed by atoms with Crippen LogP contribution in [-0.2, 0) is 0 Å². The first-order chi connectivity index (χ1) is 10.1. The predicted molar refractivity (Wildman–Crippen MR) is 96.4 cm³/mol. The molecule has 2 aliphatic carbocycles. The zero-order valence-electron chi connectivity index (χ0n) is 15.4. The molecule has 0 heteroatoms. The lowest BCUT2D eigenvalue weighted by atomic mass is 9.66. The maximum Gasteiger partial charge on any atom is -0.0236 e. The monoisotopic (exact) mass is 292 g/mol. The Bertz CT molecular complexity index is 262. The van der Waals surface area contributed by atoms with Crippen molar-refractivity contribution in [3.8, 4) is 0 Å². The zero-order chi connectivity index (χ0) is 15.8. The Labute approximate surface area is 134 Å². The molecule has 2 fully saturated rings. The summed E-state index contributed by atoms with van der Waals surface area (Å²) in [6.45, 7) is 15.2. The molecular formula is C21H40. The second-order valence-corrected chi connectivity index (χ2v) is 7.69. The largest absolute Gasteiger partial charge is 0.103 e. The first-order valence-electron chi connectivity index (χ1n) is 9.74. The van der Waals surface area contributed by atoms with E-state index in [4.69, 9.17) is 0 Å². The first kappa shape index (κ1) is 18.8. The van der Waals surface area contributed by atoms with Crippen molar-refractivity contribution in [1.82, 2.24) is 0 Å². The lowest BCUT2D eigenvalue weighted by Gasteiger charge is -2.39. The zero-order valence-corrected chi connectivity index (χ0v) is 15.4. The van der Waals surface area contributed by atoms with E-state index in [0.29, 0.717) is 0 Å². The van der Waals surface area contributed by atoms with Gasteiger partial charge in [0, 0.05) is 0 Å². The van der Waals surface area contributed by atoms with Crippen LogP contribution in [0.3, 0.4) is 0 Å². The SMILES string of the molecule is C=CC1CCC(C2CCC(C(C)C(C)C)CC2)CC1.CC. The van der Waals surface area contributed by atoms with E-state index >= 15 is 0 Å². The van der Waals surface area contributed by atoms with E-state index in [9.17, 15) is 0 Å². The molecule has 0 saturated heterocycles. The lowest BCUT2D eigenvalue weighted by Crippen LogP contribution is -2.28. The van der Waals surface area contributed by atoms with Gasteiger partial charge >= 0.3 is 0 Å². The van der Waals surface area contributed by atoms with Crippen molar-refractivity contribution in [3.63, 3.8) is 0 Å². The Balaban J connectivity index is 0.00000106. The summed E-state index contributed by atoms with van der Waals surface area (Å²) in [7, 11) is 0. The van der Waals surface area contributed by atoms with Crippen LogP contribution in [0.2, 0.25) is 0 Å². The summed E-state index contributed by atoms with van der Waals surface area (Å²) in [5, 5.41) is 0. The van der Waals surface area contributed by atoms with Gasteiger partial charge in [0.25, 0.3) is 0 Å². The highest BCUT2D eigenvalue weighted by molar-refractivity contribution is 4.88. The Morgan fingerprint density at radius 3 is 1.57 bits per heavy atom. The van der Waals surface area contributed by atoms with Crippen molar-refractivity contribution < 1.29 is 0 Å². The van der Waals surface area contributed by atoms with Gasteiger partial charge in [0.05, 0.1) is 0 Å². The van der Waals surface area contributed by atoms with Crippen molar-refractivity contribution >= 4 is 0 Å². The molecule has 0 amide bonds. The van der Waals surface area contributed by atoms with Gasteiger partial charge in [-0.15, -0.1) is 6.58 Å². The molecule has 0 N–H and O–H groups in total. The Kier molecular flexibility index (Phi) is 8.67. The molecule has 0 spiro atoms. The minimum absolute atomic E-state index is 0.827. The highest BCUT2D eigenvalue weighted by atomic mass is 14.4. The van der Waals surface area contributed by atoms with Crippen molar-refractivity contribution in [1.29, 1.82) is 0 Å². The third-order valence-corrected chi connectivity index (χ3v) is 6.43. The van der Waals surface area contributed by atoms with Gasteiger partial charge in [0.2, 0.25) is 0 Å². The van der Waals surface area contributed by atoms with Crippen molar-refractivity contribution in [2.45, 2.75) is 86.0 Å². The van der Waals surface area contributed by atoms with Crippen LogP contribution in [-0.4, -0.2) is 0 Å². The molecule has 2 rings (SSSR count). The van der Waals surface area contributed by atoms with Crippen LogP contribution in [0.4, 0.5) is 0 Å². The summed E-state index contributed by atoms with van der Waals surface area (Å²) in [6.07, 6.45) is 14.0. The number of rotatable bonds is 4. The fourth-order valence-electron chi connectivity index (χ4n) is 4.54. The van der Waals surface area contributed by atoms with E-state index in [1.807, 2.05) is 13.8 Å². The molecule has 2 saturated carbocycles. The molecule has 2 aliphatic rings. The summed E-state index contributed by atoms with van der Waals surface area (Å²) in [5.41, 5.74) is 0. The maximum absolute atomic E-state index is 3.97. The normalized spacial score (nSPS) is 34.8. The van der Waals surface area contributed by atoms with E-state index in [0.717, 1.165) is 35.5 Å². The molecule has 124 valence electrons. The molecule has 0 aromatic carbocycles. The van der Waals surface area contributed by atoms with Crippen molar-refractivity contribution in [2.75, 3.05) is 0 Å². The highest BCUT2D eigenvalue weighted by Gasteiger charge is 2.32. The average Bonchev–Trinajstić information content (AvgIpc) is 2.56. The summed E-state index contributed by atoms with van der Waals surface area (Å²) >= 11 is 0. The van der Waals surface area contributed by atoms with Gasteiger partial charge in [-0.2, -0.15) is 0 Å². The molecule has 0 aromatic rings. The third kappa shape index (κ3) is 5.46. The first-order valence-corrected chi connectivity index (χ1v) is 9.74. The van der Waals surface area contributed by atoms with E-state index in [2.05, 4.69) is 33.4 Å². The second kappa shape index (κ2) is 9.70. The molecule has 1 atom stereocenters. The number of allylic oxidation sites excluding steroid dienone is 1. The van der Waals surface area contributed by atoms with Crippen LogP contribution < -0.4 is 0 Å². The summed E-state index contributed by atoms with van der Waals surface area (Å²) in [5.74, 6) is 5.74. The molecule has 0 bridgehead atoms. The molecule has 1 unspecified atom stereocenters. The van der Waals surface area contributed by atoms with Gasteiger partial charge < -0.3 is 0 Å².